The van der Waals surface area contributed by atoms with E-state index in [1.54, 1.807) is 6.20 Å². The first kappa shape index (κ1) is 22.7. The van der Waals surface area contributed by atoms with E-state index >= 15 is 0 Å². The molecule has 3 aromatic rings. The van der Waals surface area contributed by atoms with E-state index in [1.165, 1.54) is 5.69 Å². The van der Waals surface area contributed by atoms with Crippen LogP contribution in [0.4, 0.5) is 17.3 Å². The molecule has 9 nitrogen and oxygen atoms in total. The molecule has 2 N–H and O–H groups in total. The number of anilines is 3. The molecular formula is C27H29N7O2. The van der Waals surface area contributed by atoms with Gasteiger partial charge in [-0.25, -0.2) is 9.97 Å². The zero-order valence-electron chi connectivity index (χ0n) is 20.1. The summed E-state index contributed by atoms with van der Waals surface area (Å²) in [5.74, 6) is 1.12. The number of nitriles is 1. The maximum atomic E-state index is 9.61. The Labute approximate surface area is 210 Å². The highest BCUT2D eigenvalue weighted by Gasteiger charge is 2.28. The molecule has 184 valence electrons. The van der Waals surface area contributed by atoms with Crippen molar-refractivity contribution >= 4 is 17.3 Å². The van der Waals surface area contributed by atoms with Crippen molar-refractivity contribution in [3.05, 3.63) is 60.3 Å². The third-order valence-electron chi connectivity index (χ3n) is 7.03. The molecule has 36 heavy (non-hydrogen) atoms. The average Bonchev–Trinajstić information content (AvgIpc) is 2.86. The standard InChI is InChI=1S/C27H29N7O2/c28-14-20-13-19(1-6-26(20)36-24-15-29-16-24)25-7-8-30-27(32-25)31-21-2-4-22(5-3-21)33-9-11-34(12-10-33)23-17-35-18-23/h1-8,13,23-24,29H,9-12,15-18H2,(H,30,31,32). The fourth-order valence-corrected chi connectivity index (χ4v) is 4.65. The van der Waals surface area contributed by atoms with Gasteiger partial charge in [0.05, 0.1) is 30.5 Å². The number of hydrogen-bond acceptors (Lipinski definition) is 9. The highest BCUT2D eigenvalue weighted by molar-refractivity contribution is 5.66. The number of nitrogens with zero attached hydrogens (tertiary/aromatic N) is 5. The van der Waals surface area contributed by atoms with Crippen molar-refractivity contribution in [2.45, 2.75) is 12.1 Å². The Bertz CT molecular complexity index is 1240. The van der Waals surface area contributed by atoms with E-state index in [2.05, 4.69) is 60.7 Å². The summed E-state index contributed by atoms with van der Waals surface area (Å²) >= 11 is 0. The summed E-state index contributed by atoms with van der Waals surface area (Å²) in [6.07, 6.45) is 1.85. The van der Waals surface area contributed by atoms with E-state index in [-0.39, 0.29) is 6.10 Å². The molecule has 0 saturated carbocycles. The Balaban J connectivity index is 1.10. The van der Waals surface area contributed by atoms with Crippen LogP contribution >= 0.6 is 0 Å². The molecule has 0 bridgehead atoms. The van der Waals surface area contributed by atoms with Crippen LogP contribution in [0.5, 0.6) is 5.75 Å². The first-order chi connectivity index (χ1) is 17.7. The summed E-state index contributed by atoms with van der Waals surface area (Å²) in [5, 5.41) is 16.1. The fourth-order valence-electron chi connectivity index (χ4n) is 4.65. The monoisotopic (exact) mass is 483 g/mol. The molecular weight excluding hydrogens is 454 g/mol. The molecule has 2 aromatic carbocycles. The maximum Gasteiger partial charge on any atom is 0.227 e. The molecule has 9 heteroatoms. The quantitative estimate of drug-likeness (QED) is 0.525. The van der Waals surface area contributed by atoms with Gasteiger partial charge in [0.1, 0.15) is 17.9 Å². The van der Waals surface area contributed by atoms with Gasteiger partial charge in [-0.2, -0.15) is 5.26 Å². The third kappa shape index (κ3) is 4.84. The van der Waals surface area contributed by atoms with Crippen LogP contribution in [-0.4, -0.2) is 79.5 Å². The van der Waals surface area contributed by atoms with Crippen molar-refractivity contribution in [1.29, 1.82) is 5.26 Å². The summed E-state index contributed by atoms with van der Waals surface area (Å²) in [6.45, 7) is 7.58. The minimum atomic E-state index is 0.122. The average molecular weight is 484 g/mol. The SMILES string of the molecule is N#Cc1cc(-c2ccnc(Nc3ccc(N4CCN(C5COC5)CC4)cc3)n2)ccc1OC1CNC1. The normalized spacial score (nSPS) is 18.7. The lowest BCUT2D eigenvalue weighted by atomic mass is 10.1. The molecule has 0 aliphatic carbocycles. The van der Waals surface area contributed by atoms with Gasteiger partial charge in [0, 0.05) is 62.4 Å². The first-order valence-electron chi connectivity index (χ1n) is 12.4. The summed E-state index contributed by atoms with van der Waals surface area (Å²) < 4.78 is 11.2. The molecule has 3 saturated heterocycles. The van der Waals surface area contributed by atoms with Gasteiger partial charge < -0.3 is 25.0 Å². The van der Waals surface area contributed by atoms with Crippen molar-refractivity contribution in [1.82, 2.24) is 20.2 Å². The lowest BCUT2D eigenvalue weighted by Gasteiger charge is -2.43. The van der Waals surface area contributed by atoms with E-state index in [9.17, 15) is 5.26 Å². The van der Waals surface area contributed by atoms with Crippen LogP contribution in [0.3, 0.4) is 0 Å². The Kier molecular flexibility index (Phi) is 6.38. The molecule has 3 fully saturated rings. The van der Waals surface area contributed by atoms with Crippen LogP contribution in [0.25, 0.3) is 11.3 Å². The van der Waals surface area contributed by atoms with Crippen LogP contribution in [-0.2, 0) is 4.74 Å². The van der Waals surface area contributed by atoms with Gasteiger partial charge >= 0.3 is 0 Å². The number of piperazine rings is 1. The number of hydrogen-bond donors (Lipinski definition) is 2. The molecule has 6 rings (SSSR count). The second-order valence-electron chi connectivity index (χ2n) is 9.37. The maximum absolute atomic E-state index is 9.61. The Morgan fingerprint density at radius 3 is 2.50 bits per heavy atom. The molecule has 3 aliphatic rings. The van der Waals surface area contributed by atoms with Crippen molar-refractivity contribution in [2.24, 2.45) is 0 Å². The van der Waals surface area contributed by atoms with Crippen molar-refractivity contribution < 1.29 is 9.47 Å². The fraction of sp³-hybridized carbons (Fsp3) is 0.370. The van der Waals surface area contributed by atoms with Crippen LogP contribution < -0.4 is 20.3 Å². The van der Waals surface area contributed by atoms with Gasteiger partial charge in [0.25, 0.3) is 0 Å². The number of aromatic nitrogens is 2. The van der Waals surface area contributed by atoms with Gasteiger partial charge in [-0.15, -0.1) is 0 Å². The topological polar surface area (TPSA) is 98.6 Å². The minimum absolute atomic E-state index is 0.122. The van der Waals surface area contributed by atoms with Gasteiger partial charge in [-0.05, 0) is 48.5 Å². The Morgan fingerprint density at radius 1 is 1.03 bits per heavy atom. The smallest absolute Gasteiger partial charge is 0.227 e. The molecule has 0 spiro atoms. The lowest BCUT2D eigenvalue weighted by Crippen LogP contribution is -2.56. The van der Waals surface area contributed by atoms with E-state index in [4.69, 9.17) is 9.47 Å². The van der Waals surface area contributed by atoms with Gasteiger partial charge in [0.15, 0.2) is 0 Å². The summed E-state index contributed by atoms with van der Waals surface area (Å²) in [4.78, 5) is 14.0. The molecule has 1 aromatic heterocycles. The van der Waals surface area contributed by atoms with E-state index < -0.39 is 0 Å². The summed E-state index contributed by atoms with van der Waals surface area (Å²) in [6, 6.07) is 18.7. The van der Waals surface area contributed by atoms with Crippen molar-refractivity contribution in [3.8, 4) is 23.1 Å². The Morgan fingerprint density at radius 2 is 1.83 bits per heavy atom. The van der Waals surface area contributed by atoms with Crippen LogP contribution in [0.1, 0.15) is 5.56 Å². The molecule has 3 aliphatic heterocycles. The van der Waals surface area contributed by atoms with Crippen LogP contribution in [0.15, 0.2) is 54.7 Å². The van der Waals surface area contributed by atoms with Crippen molar-refractivity contribution in [2.75, 3.05) is 62.7 Å². The number of rotatable bonds is 7. The second-order valence-corrected chi connectivity index (χ2v) is 9.37. The first-order valence-corrected chi connectivity index (χ1v) is 12.4. The number of benzene rings is 2. The van der Waals surface area contributed by atoms with Gasteiger partial charge in [-0.3, -0.25) is 4.90 Å². The predicted molar refractivity (Wildman–Crippen MR) is 138 cm³/mol. The molecule has 0 atom stereocenters. The lowest BCUT2D eigenvalue weighted by molar-refractivity contribution is -0.0660. The van der Waals surface area contributed by atoms with Gasteiger partial charge in [0.2, 0.25) is 5.95 Å². The second kappa shape index (κ2) is 10.1. The Hall–Kier alpha value is -3.71. The van der Waals surface area contributed by atoms with Crippen LogP contribution in [0.2, 0.25) is 0 Å². The minimum Gasteiger partial charge on any atom is -0.486 e. The predicted octanol–water partition coefficient (Wildman–Crippen LogP) is 2.63. The zero-order chi connectivity index (χ0) is 24.3. The molecule has 0 amide bonds. The third-order valence-corrected chi connectivity index (χ3v) is 7.03. The molecule has 0 radical (unpaired) electrons. The van der Waals surface area contributed by atoms with Gasteiger partial charge in [-0.1, -0.05) is 0 Å². The zero-order valence-corrected chi connectivity index (χ0v) is 20.1. The summed E-state index contributed by atoms with van der Waals surface area (Å²) in [5.41, 5.74) is 4.25. The highest BCUT2D eigenvalue weighted by atomic mass is 16.5. The summed E-state index contributed by atoms with van der Waals surface area (Å²) in [7, 11) is 0. The van der Waals surface area contributed by atoms with E-state index in [1.807, 2.05) is 24.3 Å². The van der Waals surface area contributed by atoms with Crippen LogP contribution in [0, 0.1) is 11.3 Å². The largest absolute Gasteiger partial charge is 0.486 e. The number of ether oxygens (including phenoxy) is 2. The van der Waals surface area contributed by atoms with Crippen molar-refractivity contribution in [3.63, 3.8) is 0 Å². The van der Waals surface area contributed by atoms with E-state index in [0.717, 1.165) is 69.4 Å². The highest BCUT2D eigenvalue weighted by Crippen LogP contribution is 2.28. The van der Waals surface area contributed by atoms with E-state index in [0.29, 0.717) is 23.3 Å². The number of nitrogens with one attached hydrogen (secondary N) is 2. The molecule has 4 heterocycles. The molecule has 0 unspecified atom stereocenters.